The van der Waals surface area contributed by atoms with Crippen molar-refractivity contribution in [2.24, 2.45) is 0 Å². The second kappa shape index (κ2) is 4.56. The van der Waals surface area contributed by atoms with Crippen LogP contribution >= 0.6 is 0 Å². The SMILES string of the molecule is C=C/C=C\C=C(/C)C(=O)O. The molecule has 0 heterocycles. The number of hydrogen-bond acceptors (Lipinski definition) is 1. The fraction of sp³-hybridized carbons (Fsp3) is 0.125. The van der Waals surface area contributed by atoms with Crippen molar-refractivity contribution in [1.29, 1.82) is 0 Å². The number of aliphatic carboxylic acids is 1. The molecule has 0 saturated carbocycles. The highest BCUT2D eigenvalue weighted by atomic mass is 16.4. The number of carboxylic acid groups (broad SMARTS) is 1. The zero-order valence-electron chi connectivity index (χ0n) is 5.87. The van der Waals surface area contributed by atoms with Crippen LogP contribution in [0.4, 0.5) is 0 Å². The molecule has 0 aromatic carbocycles. The van der Waals surface area contributed by atoms with Crippen LogP contribution in [0.3, 0.4) is 0 Å². The molecule has 0 radical (unpaired) electrons. The van der Waals surface area contributed by atoms with E-state index in [1.165, 1.54) is 13.0 Å². The number of carboxylic acids is 1. The zero-order chi connectivity index (χ0) is 7.98. The Kier molecular flexibility index (Phi) is 3.96. The van der Waals surface area contributed by atoms with Gasteiger partial charge in [-0.15, -0.1) is 0 Å². The molecule has 0 amide bonds. The third kappa shape index (κ3) is 3.66. The maximum Gasteiger partial charge on any atom is 0.331 e. The molecule has 0 bridgehead atoms. The van der Waals surface area contributed by atoms with Crippen LogP contribution in [0, 0.1) is 0 Å². The first-order valence-corrected chi connectivity index (χ1v) is 2.87. The van der Waals surface area contributed by atoms with Gasteiger partial charge < -0.3 is 5.11 Å². The molecule has 0 atom stereocenters. The summed E-state index contributed by atoms with van der Waals surface area (Å²) >= 11 is 0. The van der Waals surface area contributed by atoms with Crippen LogP contribution in [0.25, 0.3) is 0 Å². The molecule has 0 rings (SSSR count). The third-order valence-corrected chi connectivity index (χ3v) is 0.931. The predicted molar refractivity (Wildman–Crippen MR) is 40.7 cm³/mol. The van der Waals surface area contributed by atoms with Gasteiger partial charge in [-0.1, -0.05) is 30.9 Å². The molecule has 0 aromatic rings. The third-order valence-electron chi connectivity index (χ3n) is 0.931. The van der Waals surface area contributed by atoms with E-state index in [1.54, 1.807) is 18.2 Å². The van der Waals surface area contributed by atoms with Crippen LogP contribution in [0.1, 0.15) is 6.92 Å². The molecule has 0 aliphatic carbocycles. The zero-order valence-corrected chi connectivity index (χ0v) is 5.87. The first-order chi connectivity index (χ1) is 4.68. The number of rotatable bonds is 3. The Hall–Kier alpha value is -1.31. The molecule has 10 heavy (non-hydrogen) atoms. The Morgan fingerprint density at radius 2 is 2.10 bits per heavy atom. The van der Waals surface area contributed by atoms with Gasteiger partial charge in [-0.3, -0.25) is 0 Å². The minimum atomic E-state index is -0.895. The molecule has 0 aromatic heterocycles. The quantitative estimate of drug-likeness (QED) is 0.476. The van der Waals surface area contributed by atoms with Crippen LogP contribution in [0.15, 0.2) is 36.5 Å². The van der Waals surface area contributed by atoms with E-state index in [9.17, 15) is 4.79 Å². The Morgan fingerprint density at radius 3 is 2.50 bits per heavy atom. The van der Waals surface area contributed by atoms with Crippen LogP contribution in [-0.2, 0) is 4.79 Å². The summed E-state index contributed by atoms with van der Waals surface area (Å²) < 4.78 is 0. The lowest BCUT2D eigenvalue weighted by Gasteiger charge is -1.85. The topological polar surface area (TPSA) is 37.3 Å². The van der Waals surface area contributed by atoms with Crippen molar-refractivity contribution in [2.75, 3.05) is 0 Å². The average molecular weight is 138 g/mol. The highest BCUT2D eigenvalue weighted by molar-refractivity contribution is 5.86. The molecule has 2 heteroatoms. The Morgan fingerprint density at radius 1 is 1.50 bits per heavy atom. The molecule has 2 nitrogen and oxygen atoms in total. The van der Waals surface area contributed by atoms with Crippen molar-refractivity contribution in [3.8, 4) is 0 Å². The summed E-state index contributed by atoms with van der Waals surface area (Å²) in [5.74, 6) is -0.895. The molecule has 0 spiro atoms. The number of hydrogen-bond donors (Lipinski definition) is 1. The minimum absolute atomic E-state index is 0.318. The van der Waals surface area contributed by atoms with Crippen molar-refractivity contribution in [1.82, 2.24) is 0 Å². The van der Waals surface area contributed by atoms with Gasteiger partial charge in [0.25, 0.3) is 0 Å². The van der Waals surface area contributed by atoms with Gasteiger partial charge in [0, 0.05) is 5.57 Å². The number of carbonyl (C=O) groups is 1. The highest BCUT2D eigenvalue weighted by Gasteiger charge is 1.94. The molecule has 0 saturated heterocycles. The highest BCUT2D eigenvalue weighted by Crippen LogP contribution is 1.91. The van der Waals surface area contributed by atoms with Gasteiger partial charge in [0.2, 0.25) is 0 Å². The molecule has 0 aliphatic heterocycles. The van der Waals surface area contributed by atoms with Gasteiger partial charge in [-0.05, 0) is 6.92 Å². The van der Waals surface area contributed by atoms with Gasteiger partial charge in [-0.25, -0.2) is 4.79 Å². The maximum absolute atomic E-state index is 10.2. The Bertz CT molecular complexity index is 187. The standard InChI is InChI=1S/C8H10O2/c1-3-4-5-6-7(2)8(9)10/h3-6H,1H2,2H3,(H,9,10)/b5-4-,7-6+. The van der Waals surface area contributed by atoms with E-state index in [0.717, 1.165) is 0 Å². The van der Waals surface area contributed by atoms with E-state index < -0.39 is 5.97 Å². The normalized spacial score (nSPS) is 11.9. The largest absolute Gasteiger partial charge is 0.478 e. The summed E-state index contributed by atoms with van der Waals surface area (Å²) in [6, 6.07) is 0. The van der Waals surface area contributed by atoms with Crippen molar-refractivity contribution >= 4 is 5.97 Å². The van der Waals surface area contributed by atoms with Crippen molar-refractivity contribution in [3.63, 3.8) is 0 Å². The van der Waals surface area contributed by atoms with Gasteiger partial charge in [-0.2, -0.15) is 0 Å². The summed E-state index contributed by atoms with van der Waals surface area (Å²) in [7, 11) is 0. The fourth-order valence-corrected chi connectivity index (χ4v) is 0.350. The average Bonchev–Trinajstić information content (AvgIpc) is 1.88. The van der Waals surface area contributed by atoms with E-state index in [0.29, 0.717) is 5.57 Å². The van der Waals surface area contributed by atoms with Crippen molar-refractivity contribution < 1.29 is 9.90 Å². The number of allylic oxidation sites excluding steroid dienone is 4. The Balaban J connectivity index is 4.04. The molecule has 1 N–H and O–H groups in total. The Labute approximate surface area is 60.2 Å². The van der Waals surface area contributed by atoms with E-state index in [2.05, 4.69) is 6.58 Å². The summed E-state index contributed by atoms with van der Waals surface area (Å²) in [6.07, 6.45) is 6.42. The second-order valence-corrected chi connectivity index (χ2v) is 1.78. The minimum Gasteiger partial charge on any atom is -0.478 e. The fourth-order valence-electron chi connectivity index (χ4n) is 0.350. The lowest BCUT2D eigenvalue weighted by atomic mass is 10.3. The van der Waals surface area contributed by atoms with Crippen LogP contribution in [-0.4, -0.2) is 11.1 Å². The summed E-state index contributed by atoms with van der Waals surface area (Å²) in [5.41, 5.74) is 0.318. The summed E-state index contributed by atoms with van der Waals surface area (Å²) in [6.45, 7) is 4.98. The van der Waals surface area contributed by atoms with Crippen molar-refractivity contribution in [3.05, 3.63) is 36.5 Å². The van der Waals surface area contributed by atoms with Crippen LogP contribution < -0.4 is 0 Å². The van der Waals surface area contributed by atoms with Gasteiger partial charge in [0.05, 0.1) is 0 Å². The van der Waals surface area contributed by atoms with Gasteiger partial charge in [0.15, 0.2) is 0 Å². The monoisotopic (exact) mass is 138 g/mol. The first kappa shape index (κ1) is 8.69. The van der Waals surface area contributed by atoms with E-state index in [-0.39, 0.29) is 0 Å². The predicted octanol–water partition coefficient (Wildman–Crippen LogP) is 1.76. The lowest BCUT2D eigenvalue weighted by Crippen LogP contribution is -1.94. The first-order valence-electron chi connectivity index (χ1n) is 2.87. The van der Waals surface area contributed by atoms with E-state index >= 15 is 0 Å². The van der Waals surface area contributed by atoms with E-state index in [1.807, 2.05) is 0 Å². The molecule has 0 fully saturated rings. The van der Waals surface area contributed by atoms with Gasteiger partial charge in [0.1, 0.15) is 0 Å². The van der Waals surface area contributed by atoms with Crippen LogP contribution in [0.5, 0.6) is 0 Å². The smallest absolute Gasteiger partial charge is 0.331 e. The van der Waals surface area contributed by atoms with E-state index in [4.69, 9.17) is 5.11 Å². The summed E-state index contributed by atoms with van der Waals surface area (Å²) in [5, 5.41) is 8.35. The molecule has 0 aliphatic rings. The lowest BCUT2D eigenvalue weighted by molar-refractivity contribution is -0.132. The van der Waals surface area contributed by atoms with Gasteiger partial charge >= 0.3 is 5.97 Å². The molecular weight excluding hydrogens is 128 g/mol. The molecular formula is C8H10O2. The molecule has 54 valence electrons. The second-order valence-electron chi connectivity index (χ2n) is 1.78. The summed E-state index contributed by atoms with van der Waals surface area (Å²) in [4.78, 5) is 10.2. The van der Waals surface area contributed by atoms with Crippen LogP contribution in [0.2, 0.25) is 0 Å². The molecule has 0 unspecified atom stereocenters. The maximum atomic E-state index is 10.2. The van der Waals surface area contributed by atoms with Crippen molar-refractivity contribution in [2.45, 2.75) is 6.92 Å².